The van der Waals surface area contributed by atoms with E-state index >= 15 is 0 Å². The zero-order valence-corrected chi connectivity index (χ0v) is 12.7. The maximum atomic E-state index is 12.6. The van der Waals surface area contributed by atoms with Crippen LogP contribution in [0.5, 0.6) is 0 Å². The molecule has 1 aromatic rings. The Kier molecular flexibility index (Phi) is 3.23. The lowest BCUT2D eigenvalue weighted by Crippen LogP contribution is -2.44. The van der Waals surface area contributed by atoms with Crippen molar-refractivity contribution >= 4 is 5.91 Å². The van der Waals surface area contributed by atoms with Gasteiger partial charge in [0, 0.05) is 31.3 Å². The number of aryl methyl sites for hydroxylation is 2. The average Bonchev–Trinajstić information content (AvgIpc) is 3.20. The fourth-order valence-corrected chi connectivity index (χ4v) is 4.74. The smallest absolute Gasteiger partial charge is 0.223 e. The monoisotopic (exact) mass is 288 g/mol. The molecule has 2 aliphatic carbocycles. The molecule has 4 rings (SSSR count). The second-order valence-corrected chi connectivity index (χ2v) is 6.94. The fraction of sp³-hybridized carbons (Fsp3) is 0.812. The van der Waals surface area contributed by atoms with Gasteiger partial charge in [0.15, 0.2) is 0 Å². The summed E-state index contributed by atoms with van der Waals surface area (Å²) in [5.74, 6) is 4.08. The van der Waals surface area contributed by atoms with E-state index in [0.29, 0.717) is 23.7 Å². The van der Waals surface area contributed by atoms with E-state index in [1.54, 1.807) is 0 Å². The van der Waals surface area contributed by atoms with E-state index in [2.05, 4.69) is 27.0 Å². The van der Waals surface area contributed by atoms with Crippen molar-refractivity contribution in [1.82, 2.24) is 20.1 Å². The summed E-state index contributed by atoms with van der Waals surface area (Å²) in [6, 6.07) is 0.256. The van der Waals surface area contributed by atoms with Crippen molar-refractivity contribution in [3.05, 3.63) is 11.6 Å². The van der Waals surface area contributed by atoms with Crippen LogP contribution in [0, 0.1) is 17.8 Å². The molecule has 1 aliphatic heterocycles. The number of fused-ring (bicyclic) bond motifs is 3. The molecule has 21 heavy (non-hydrogen) atoms. The molecule has 0 aromatic carbocycles. The normalized spacial score (nSPS) is 34.0. The molecule has 1 aromatic heterocycles. The first-order valence-corrected chi connectivity index (χ1v) is 8.47. The van der Waals surface area contributed by atoms with Gasteiger partial charge in [-0.15, -0.1) is 10.2 Å². The van der Waals surface area contributed by atoms with E-state index in [-0.39, 0.29) is 6.04 Å². The fourth-order valence-electron chi connectivity index (χ4n) is 4.74. The van der Waals surface area contributed by atoms with Crippen LogP contribution in [-0.4, -0.2) is 26.7 Å². The summed E-state index contributed by atoms with van der Waals surface area (Å²) < 4.78 is 2.21. The van der Waals surface area contributed by atoms with Crippen molar-refractivity contribution < 1.29 is 4.79 Å². The summed E-state index contributed by atoms with van der Waals surface area (Å²) in [6.07, 6.45) is 7.89. The quantitative estimate of drug-likeness (QED) is 0.921. The first kappa shape index (κ1) is 13.3. The van der Waals surface area contributed by atoms with Gasteiger partial charge in [-0.3, -0.25) is 4.79 Å². The highest BCUT2D eigenvalue weighted by molar-refractivity contribution is 5.80. The number of hydrogen-bond donors (Lipinski definition) is 1. The van der Waals surface area contributed by atoms with E-state index in [4.69, 9.17) is 0 Å². The minimum absolute atomic E-state index is 0.256. The second-order valence-electron chi connectivity index (χ2n) is 6.94. The maximum absolute atomic E-state index is 12.6. The number of hydrogen-bond acceptors (Lipinski definition) is 3. The predicted octanol–water partition coefficient (Wildman–Crippen LogP) is 1.71. The maximum Gasteiger partial charge on any atom is 0.223 e. The van der Waals surface area contributed by atoms with Gasteiger partial charge in [0.05, 0.1) is 0 Å². The zero-order chi connectivity index (χ0) is 14.4. The van der Waals surface area contributed by atoms with Crippen LogP contribution in [0.15, 0.2) is 0 Å². The van der Waals surface area contributed by atoms with Gasteiger partial charge in [0.25, 0.3) is 0 Å². The number of nitrogens with one attached hydrogen (secondary N) is 1. The van der Waals surface area contributed by atoms with Crippen LogP contribution in [0.25, 0.3) is 0 Å². The van der Waals surface area contributed by atoms with Crippen molar-refractivity contribution in [1.29, 1.82) is 0 Å². The molecule has 5 heteroatoms. The van der Waals surface area contributed by atoms with Crippen LogP contribution < -0.4 is 5.32 Å². The highest BCUT2D eigenvalue weighted by Crippen LogP contribution is 2.49. The van der Waals surface area contributed by atoms with Gasteiger partial charge in [-0.25, -0.2) is 0 Å². The molecule has 0 saturated heterocycles. The predicted molar refractivity (Wildman–Crippen MR) is 78.6 cm³/mol. The van der Waals surface area contributed by atoms with Gasteiger partial charge in [-0.2, -0.15) is 0 Å². The third-order valence-electron chi connectivity index (χ3n) is 5.82. The molecule has 2 fully saturated rings. The van der Waals surface area contributed by atoms with Crippen LogP contribution in [-0.2, 0) is 24.2 Å². The minimum Gasteiger partial charge on any atom is -0.351 e. The third-order valence-corrected chi connectivity index (χ3v) is 5.82. The number of amides is 1. The van der Waals surface area contributed by atoms with Gasteiger partial charge in [-0.05, 0) is 43.9 Å². The first-order valence-electron chi connectivity index (χ1n) is 8.47. The number of nitrogens with zero attached hydrogens (tertiary/aromatic N) is 3. The van der Waals surface area contributed by atoms with E-state index in [1.807, 2.05) is 0 Å². The van der Waals surface area contributed by atoms with Crippen molar-refractivity contribution in [3.63, 3.8) is 0 Å². The molecule has 0 spiro atoms. The van der Waals surface area contributed by atoms with E-state index in [9.17, 15) is 4.79 Å². The van der Waals surface area contributed by atoms with Gasteiger partial charge in [-0.1, -0.05) is 6.92 Å². The summed E-state index contributed by atoms with van der Waals surface area (Å²) >= 11 is 0. The lowest BCUT2D eigenvalue weighted by Gasteiger charge is -2.27. The zero-order valence-electron chi connectivity index (χ0n) is 12.7. The van der Waals surface area contributed by atoms with E-state index in [0.717, 1.165) is 37.5 Å². The Balaban J connectivity index is 1.43. The largest absolute Gasteiger partial charge is 0.351 e. The van der Waals surface area contributed by atoms with Crippen molar-refractivity contribution in [2.45, 2.75) is 64.5 Å². The standard InChI is InChI=1S/C16H24N4O/c1-2-13-18-19-14-8-7-12(9-20(13)14)17-16(21)15-10-3-4-11(15)6-5-10/h10-12,15H,2-9H2,1H3,(H,17,21). The summed E-state index contributed by atoms with van der Waals surface area (Å²) in [5.41, 5.74) is 0. The summed E-state index contributed by atoms with van der Waals surface area (Å²) in [6.45, 7) is 2.95. The molecular weight excluding hydrogens is 264 g/mol. The van der Waals surface area contributed by atoms with Crippen molar-refractivity contribution in [2.24, 2.45) is 17.8 Å². The molecule has 114 valence electrons. The Morgan fingerprint density at radius 2 is 1.90 bits per heavy atom. The van der Waals surface area contributed by atoms with Crippen molar-refractivity contribution in [3.8, 4) is 0 Å². The molecule has 1 unspecified atom stereocenters. The van der Waals surface area contributed by atoms with Crippen LogP contribution in [0.1, 0.15) is 50.7 Å². The molecule has 2 bridgehead atoms. The molecule has 1 atom stereocenters. The van der Waals surface area contributed by atoms with E-state index < -0.39 is 0 Å². The van der Waals surface area contributed by atoms with Gasteiger partial charge in [0.1, 0.15) is 11.6 Å². The number of carbonyl (C=O) groups excluding carboxylic acids is 1. The Labute approximate surface area is 125 Å². The Bertz CT molecular complexity index is 519. The Morgan fingerprint density at radius 1 is 1.19 bits per heavy atom. The summed E-state index contributed by atoms with van der Waals surface area (Å²) in [5, 5.41) is 11.8. The van der Waals surface area contributed by atoms with Crippen molar-refractivity contribution in [2.75, 3.05) is 0 Å². The molecule has 0 radical (unpaired) electrons. The average molecular weight is 288 g/mol. The number of rotatable bonds is 3. The highest BCUT2D eigenvalue weighted by atomic mass is 16.2. The van der Waals surface area contributed by atoms with Gasteiger partial charge >= 0.3 is 0 Å². The summed E-state index contributed by atoms with van der Waals surface area (Å²) in [7, 11) is 0. The molecular formula is C16H24N4O. The molecule has 1 N–H and O–H groups in total. The molecule has 1 amide bonds. The molecule has 5 nitrogen and oxygen atoms in total. The third kappa shape index (κ3) is 2.17. The van der Waals surface area contributed by atoms with Crippen LogP contribution >= 0.6 is 0 Å². The first-order chi connectivity index (χ1) is 10.3. The molecule has 2 heterocycles. The van der Waals surface area contributed by atoms with Crippen LogP contribution in [0.3, 0.4) is 0 Å². The minimum atomic E-state index is 0.256. The SMILES string of the molecule is CCc1nnc2n1CC(NC(=O)C1C3CCC1CC3)CC2. The number of aromatic nitrogens is 3. The molecule has 3 aliphatic rings. The van der Waals surface area contributed by atoms with Gasteiger partial charge < -0.3 is 9.88 Å². The highest BCUT2D eigenvalue weighted by Gasteiger charge is 2.45. The Morgan fingerprint density at radius 3 is 2.57 bits per heavy atom. The van der Waals surface area contributed by atoms with Crippen LogP contribution in [0.2, 0.25) is 0 Å². The molecule has 2 saturated carbocycles. The summed E-state index contributed by atoms with van der Waals surface area (Å²) in [4.78, 5) is 12.6. The lowest BCUT2D eigenvalue weighted by molar-refractivity contribution is -0.127. The van der Waals surface area contributed by atoms with Crippen LogP contribution in [0.4, 0.5) is 0 Å². The lowest BCUT2D eigenvalue weighted by atomic mass is 9.96. The number of carbonyl (C=O) groups is 1. The Hall–Kier alpha value is -1.39. The topological polar surface area (TPSA) is 59.8 Å². The second kappa shape index (κ2) is 5.11. The van der Waals surface area contributed by atoms with E-state index in [1.165, 1.54) is 25.7 Å². The van der Waals surface area contributed by atoms with Gasteiger partial charge in [0.2, 0.25) is 5.91 Å².